The monoisotopic (exact) mass is 358 g/mol. The molecule has 2 aromatic rings. The van der Waals surface area contributed by atoms with Crippen molar-refractivity contribution in [2.24, 2.45) is 0 Å². The smallest absolute Gasteiger partial charge is 0.238 e. The predicted octanol–water partition coefficient (Wildman–Crippen LogP) is 2.68. The zero-order valence-electron chi connectivity index (χ0n) is 14.1. The Labute approximate surface area is 153 Å². The Bertz CT molecular complexity index is 715. The molecule has 1 saturated heterocycles. The average molecular weight is 359 g/mol. The van der Waals surface area contributed by atoms with Crippen LogP contribution < -0.4 is 11.1 Å². The Hall–Kier alpha value is -2.08. The van der Waals surface area contributed by atoms with E-state index in [1.54, 1.807) is 18.2 Å². The van der Waals surface area contributed by atoms with Gasteiger partial charge < -0.3 is 11.1 Å². The molecule has 25 heavy (non-hydrogen) atoms. The minimum absolute atomic E-state index is 0.0294. The van der Waals surface area contributed by atoms with Crippen molar-refractivity contribution in [1.29, 1.82) is 0 Å². The molecular weight excluding hydrogens is 336 g/mol. The van der Waals surface area contributed by atoms with Gasteiger partial charge in [-0.2, -0.15) is 0 Å². The number of amides is 1. The topological polar surface area (TPSA) is 61.6 Å². The van der Waals surface area contributed by atoms with Crippen LogP contribution in [0.15, 0.2) is 48.5 Å². The Morgan fingerprint density at radius 3 is 2.40 bits per heavy atom. The molecule has 132 valence electrons. The van der Waals surface area contributed by atoms with Gasteiger partial charge in [0.1, 0.15) is 0 Å². The van der Waals surface area contributed by atoms with Crippen molar-refractivity contribution in [1.82, 2.24) is 9.80 Å². The van der Waals surface area contributed by atoms with Crippen molar-refractivity contribution in [3.63, 3.8) is 0 Å². The molecule has 0 spiro atoms. The fraction of sp³-hybridized carbons (Fsp3) is 0.316. The van der Waals surface area contributed by atoms with E-state index in [-0.39, 0.29) is 5.91 Å². The van der Waals surface area contributed by atoms with Crippen molar-refractivity contribution >= 4 is 28.9 Å². The quantitative estimate of drug-likeness (QED) is 0.807. The largest absolute Gasteiger partial charge is 0.397 e. The van der Waals surface area contributed by atoms with E-state index >= 15 is 0 Å². The average Bonchev–Trinajstić information content (AvgIpc) is 2.61. The van der Waals surface area contributed by atoms with Gasteiger partial charge in [0.15, 0.2) is 0 Å². The lowest BCUT2D eigenvalue weighted by atomic mass is 10.2. The number of rotatable bonds is 5. The van der Waals surface area contributed by atoms with Gasteiger partial charge in [0.2, 0.25) is 5.91 Å². The summed E-state index contributed by atoms with van der Waals surface area (Å²) in [4.78, 5) is 16.8. The zero-order valence-corrected chi connectivity index (χ0v) is 14.9. The summed E-state index contributed by atoms with van der Waals surface area (Å²) in [5, 5.41) is 3.37. The van der Waals surface area contributed by atoms with Crippen molar-refractivity contribution in [2.45, 2.75) is 6.54 Å². The third-order valence-corrected chi connectivity index (χ3v) is 4.71. The maximum atomic E-state index is 12.2. The lowest BCUT2D eigenvalue weighted by Crippen LogP contribution is -2.48. The van der Waals surface area contributed by atoms with Crippen LogP contribution in [0, 0.1) is 0 Å². The second kappa shape index (κ2) is 8.34. The molecule has 0 radical (unpaired) electrons. The molecule has 0 bridgehead atoms. The molecule has 1 heterocycles. The summed E-state index contributed by atoms with van der Waals surface area (Å²) in [6.45, 7) is 5.07. The third kappa shape index (κ3) is 5.19. The summed E-state index contributed by atoms with van der Waals surface area (Å²) < 4.78 is 0. The standard InChI is InChI=1S/C19H23ClN4O/c20-17-7-6-16(12-18(17)21)22-19(25)14-24-10-8-23(9-11-24)13-15-4-2-1-3-5-15/h1-7,12H,8-11,13-14,21H2,(H,22,25). The Kier molecular flexibility index (Phi) is 5.91. The van der Waals surface area contributed by atoms with Gasteiger partial charge in [0, 0.05) is 38.4 Å². The van der Waals surface area contributed by atoms with E-state index in [1.807, 2.05) is 6.07 Å². The maximum Gasteiger partial charge on any atom is 0.238 e. The maximum absolute atomic E-state index is 12.2. The number of piperazine rings is 1. The molecule has 1 aliphatic heterocycles. The highest BCUT2D eigenvalue weighted by atomic mass is 35.5. The highest BCUT2D eigenvalue weighted by Crippen LogP contribution is 2.22. The highest BCUT2D eigenvalue weighted by Gasteiger charge is 2.19. The van der Waals surface area contributed by atoms with Crippen LogP contribution in [-0.4, -0.2) is 48.4 Å². The SMILES string of the molecule is Nc1cc(NC(=O)CN2CCN(Cc3ccccc3)CC2)ccc1Cl. The first-order valence-corrected chi connectivity index (χ1v) is 8.81. The molecule has 0 atom stereocenters. The van der Waals surface area contributed by atoms with E-state index in [0.717, 1.165) is 32.7 Å². The Morgan fingerprint density at radius 2 is 1.72 bits per heavy atom. The highest BCUT2D eigenvalue weighted by molar-refractivity contribution is 6.33. The molecule has 3 N–H and O–H groups in total. The molecule has 0 aromatic heterocycles. The summed E-state index contributed by atoms with van der Waals surface area (Å²) in [5.41, 5.74) is 8.23. The molecule has 2 aromatic carbocycles. The Balaban J connectivity index is 1.43. The lowest BCUT2D eigenvalue weighted by Gasteiger charge is -2.34. The second-order valence-corrected chi connectivity index (χ2v) is 6.73. The van der Waals surface area contributed by atoms with Gasteiger partial charge >= 0.3 is 0 Å². The van der Waals surface area contributed by atoms with E-state index in [1.165, 1.54) is 5.56 Å². The van der Waals surface area contributed by atoms with Gasteiger partial charge in [-0.1, -0.05) is 41.9 Å². The van der Waals surface area contributed by atoms with Crippen molar-refractivity contribution in [2.75, 3.05) is 43.8 Å². The molecule has 1 aliphatic rings. The first-order valence-electron chi connectivity index (χ1n) is 8.43. The first kappa shape index (κ1) is 17.7. The van der Waals surface area contributed by atoms with Gasteiger partial charge in [-0.05, 0) is 23.8 Å². The Morgan fingerprint density at radius 1 is 1.04 bits per heavy atom. The normalized spacial score (nSPS) is 15.9. The predicted molar refractivity (Wildman–Crippen MR) is 103 cm³/mol. The molecule has 6 heteroatoms. The van der Waals surface area contributed by atoms with E-state index in [2.05, 4.69) is 39.4 Å². The van der Waals surface area contributed by atoms with E-state index in [4.69, 9.17) is 17.3 Å². The van der Waals surface area contributed by atoms with Crippen LogP contribution in [0.25, 0.3) is 0 Å². The summed E-state index contributed by atoms with van der Waals surface area (Å²) >= 11 is 5.89. The van der Waals surface area contributed by atoms with Gasteiger partial charge in [-0.3, -0.25) is 14.6 Å². The van der Waals surface area contributed by atoms with Crippen LogP contribution in [0.4, 0.5) is 11.4 Å². The second-order valence-electron chi connectivity index (χ2n) is 6.32. The van der Waals surface area contributed by atoms with Crippen LogP contribution in [0.2, 0.25) is 5.02 Å². The molecule has 1 fully saturated rings. The van der Waals surface area contributed by atoms with Crippen molar-refractivity contribution in [3.8, 4) is 0 Å². The van der Waals surface area contributed by atoms with Gasteiger partial charge in [0.25, 0.3) is 0 Å². The number of carbonyl (C=O) groups excluding carboxylic acids is 1. The van der Waals surface area contributed by atoms with E-state index in [0.29, 0.717) is 22.9 Å². The van der Waals surface area contributed by atoms with Crippen LogP contribution in [0.1, 0.15) is 5.56 Å². The molecule has 0 saturated carbocycles. The molecule has 0 unspecified atom stereocenters. The fourth-order valence-corrected chi connectivity index (χ4v) is 3.09. The van der Waals surface area contributed by atoms with Crippen LogP contribution in [0.3, 0.4) is 0 Å². The molecule has 1 amide bonds. The van der Waals surface area contributed by atoms with Crippen LogP contribution >= 0.6 is 11.6 Å². The number of nitrogens with zero attached hydrogens (tertiary/aromatic N) is 2. The number of benzene rings is 2. The fourth-order valence-electron chi connectivity index (χ4n) is 2.97. The van der Waals surface area contributed by atoms with E-state index < -0.39 is 0 Å². The van der Waals surface area contributed by atoms with E-state index in [9.17, 15) is 4.79 Å². The summed E-state index contributed by atoms with van der Waals surface area (Å²) in [6, 6.07) is 15.6. The molecule has 5 nitrogen and oxygen atoms in total. The summed E-state index contributed by atoms with van der Waals surface area (Å²) in [5.74, 6) is -0.0294. The van der Waals surface area contributed by atoms with Crippen LogP contribution in [0.5, 0.6) is 0 Å². The number of nitrogens with two attached hydrogens (primary N) is 1. The van der Waals surface area contributed by atoms with Gasteiger partial charge in [-0.25, -0.2) is 0 Å². The minimum atomic E-state index is -0.0294. The lowest BCUT2D eigenvalue weighted by molar-refractivity contribution is -0.117. The minimum Gasteiger partial charge on any atom is -0.397 e. The summed E-state index contributed by atoms with van der Waals surface area (Å²) in [7, 11) is 0. The molecular formula is C19H23ClN4O. The first-order chi connectivity index (χ1) is 12.1. The number of anilines is 2. The molecule has 3 rings (SSSR count). The number of halogens is 1. The van der Waals surface area contributed by atoms with Crippen molar-refractivity contribution < 1.29 is 4.79 Å². The number of hydrogen-bond acceptors (Lipinski definition) is 4. The third-order valence-electron chi connectivity index (χ3n) is 4.36. The van der Waals surface area contributed by atoms with Gasteiger partial charge in [0.05, 0.1) is 17.3 Å². The van der Waals surface area contributed by atoms with Crippen molar-refractivity contribution in [3.05, 3.63) is 59.1 Å². The molecule has 0 aliphatic carbocycles. The number of carbonyl (C=O) groups is 1. The number of hydrogen-bond donors (Lipinski definition) is 2. The van der Waals surface area contributed by atoms with Gasteiger partial charge in [-0.15, -0.1) is 0 Å². The summed E-state index contributed by atoms with van der Waals surface area (Å²) in [6.07, 6.45) is 0. The number of nitrogens with one attached hydrogen (secondary N) is 1. The van der Waals surface area contributed by atoms with Crippen LogP contribution in [-0.2, 0) is 11.3 Å². The number of nitrogen functional groups attached to an aromatic ring is 1. The zero-order chi connectivity index (χ0) is 17.6.